The molecular weight excluding hydrogens is 544 g/mol. The Kier molecular flexibility index (Phi) is 11.8. The van der Waals surface area contributed by atoms with Crippen molar-refractivity contribution in [3.63, 3.8) is 0 Å². The van der Waals surface area contributed by atoms with Gasteiger partial charge in [0, 0.05) is 4.90 Å². The van der Waals surface area contributed by atoms with Gasteiger partial charge in [-0.2, -0.15) is 0 Å². The molecule has 218 valence electrons. The summed E-state index contributed by atoms with van der Waals surface area (Å²) in [7, 11) is 0. The lowest BCUT2D eigenvalue weighted by Gasteiger charge is -2.46. The molecule has 4 aromatic carbocycles. The first-order valence-electron chi connectivity index (χ1n) is 14.3. The molecule has 0 bridgehead atoms. The highest BCUT2D eigenvalue weighted by molar-refractivity contribution is 7.99. The van der Waals surface area contributed by atoms with Crippen molar-refractivity contribution in [2.24, 2.45) is 0 Å². The van der Waals surface area contributed by atoms with Gasteiger partial charge in [-0.15, -0.1) is 6.58 Å². The maximum Gasteiger partial charge on any atom is 0.137 e. The highest BCUT2D eigenvalue weighted by Crippen LogP contribution is 2.38. The summed E-state index contributed by atoms with van der Waals surface area (Å²) in [6.45, 7) is 5.94. The van der Waals surface area contributed by atoms with E-state index in [1.807, 2.05) is 72.8 Å². The predicted molar refractivity (Wildman–Crippen MR) is 167 cm³/mol. The largest absolute Gasteiger partial charge is 0.374 e. The van der Waals surface area contributed by atoms with E-state index in [1.54, 1.807) is 17.8 Å². The smallest absolute Gasteiger partial charge is 0.137 e. The van der Waals surface area contributed by atoms with Gasteiger partial charge in [-0.1, -0.05) is 127 Å². The summed E-state index contributed by atoms with van der Waals surface area (Å²) < 4.78 is 32.8. The van der Waals surface area contributed by atoms with Crippen molar-refractivity contribution in [1.29, 1.82) is 0 Å². The van der Waals surface area contributed by atoms with Gasteiger partial charge in [-0.3, -0.25) is 0 Å². The zero-order valence-electron chi connectivity index (χ0n) is 23.7. The van der Waals surface area contributed by atoms with Crippen molar-refractivity contribution < 1.29 is 23.7 Å². The molecule has 5 unspecified atom stereocenters. The highest BCUT2D eigenvalue weighted by atomic mass is 32.2. The quantitative estimate of drug-likeness (QED) is 0.136. The van der Waals surface area contributed by atoms with Crippen LogP contribution in [-0.2, 0) is 43.5 Å². The fourth-order valence-electron chi connectivity index (χ4n) is 4.89. The Balaban J connectivity index is 1.42. The maximum atomic E-state index is 6.82. The molecule has 0 amide bonds. The van der Waals surface area contributed by atoms with Crippen LogP contribution >= 0.6 is 11.8 Å². The van der Waals surface area contributed by atoms with Gasteiger partial charge in [0.25, 0.3) is 0 Å². The van der Waals surface area contributed by atoms with E-state index in [-0.39, 0.29) is 11.5 Å². The van der Waals surface area contributed by atoms with Gasteiger partial charge in [-0.25, -0.2) is 0 Å². The lowest BCUT2D eigenvalue weighted by Crippen LogP contribution is -2.60. The van der Waals surface area contributed by atoms with Gasteiger partial charge in [0.2, 0.25) is 0 Å². The lowest BCUT2D eigenvalue weighted by molar-refractivity contribution is -0.250. The fourth-order valence-corrected chi connectivity index (χ4v) is 6.04. The van der Waals surface area contributed by atoms with Crippen LogP contribution in [0.2, 0.25) is 0 Å². The Hall–Kier alpha value is -3.23. The molecule has 0 radical (unpaired) electrons. The van der Waals surface area contributed by atoms with Gasteiger partial charge in [0.15, 0.2) is 0 Å². The molecule has 5 nitrogen and oxygen atoms in total. The van der Waals surface area contributed by atoms with E-state index in [1.165, 1.54) is 0 Å². The van der Waals surface area contributed by atoms with Gasteiger partial charge >= 0.3 is 0 Å². The predicted octanol–water partition coefficient (Wildman–Crippen LogP) is 7.46. The SMILES string of the molecule is C=CCOC1C(OCc2ccccc2)C(COCc2ccccc2)OC(Sc2ccccc2)C1OCc1ccccc1. The molecular formula is C36H38O5S. The number of rotatable bonds is 15. The molecule has 1 aliphatic heterocycles. The highest BCUT2D eigenvalue weighted by Gasteiger charge is 2.48. The third-order valence-corrected chi connectivity index (χ3v) is 8.11. The molecule has 5 rings (SSSR count). The van der Waals surface area contributed by atoms with E-state index >= 15 is 0 Å². The molecule has 42 heavy (non-hydrogen) atoms. The Bertz CT molecular complexity index is 1310. The topological polar surface area (TPSA) is 46.2 Å². The summed E-state index contributed by atoms with van der Waals surface area (Å²) in [5, 5.41) is 0. The van der Waals surface area contributed by atoms with Crippen molar-refractivity contribution in [2.45, 2.75) is 54.6 Å². The average molecular weight is 583 g/mol. The first-order chi connectivity index (χ1) is 20.8. The van der Waals surface area contributed by atoms with Crippen molar-refractivity contribution in [1.82, 2.24) is 0 Å². The summed E-state index contributed by atoms with van der Waals surface area (Å²) in [6, 6.07) is 40.7. The molecule has 0 saturated carbocycles. The zero-order chi connectivity index (χ0) is 28.8. The molecule has 0 N–H and O–H groups in total. The number of thioether (sulfide) groups is 1. The number of ether oxygens (including phenoxy) is 5. The number of hydrogen-bond acceptors (Lipinski definition) is 6. The summed E-state index contributed by atoms with van der Waals surface area (Å²) >= 11 is 1.63. The standard InChI is InChI=1S/C36H38O5S/c1-2-23-38-34-33(39-25-29-17-9-4-10-18-29)32(27-37-24-28-15-7-3-8-16-28)41-36(42-31-21-13-6-14-22-31)35(34)40-26-30-19-11-5-12-20-30/h2-22,32-36H,1,23-27H2. The normalized spacial score (nSPS) is 22.0. The van der Waals surface area contributed by atoms with E-state index in [0.29, 0.717) is 33.0 Å². The molecule has 1 saturated heterocycles. The molecule has 6 heteroatoms. The van der Waals surface area contributed by atoms with Gasteiger partial charge < -0.3 is 23.7 Å². The summed E-state index contributed by atoms with van der Waals surface area (Å²) in [5.74, 6) is 0. The van der Waals surface area contributed by atoms with Crippen molar-refractivity contribution >= 4 is 11.8 Å². The first-order valence-corrected chi connectivity index (χ1v) is 15.2. The second kappa shape index (κ2) is 16.4. The summed E-state index contributed by atoms with van der Waals surface area (Å²) in [5.41, 5.74) is 2.91. The van der Waals surface area contributed by atoms with Gasteiger partial charge in [-0.05, 0) is 28.8 Å². The van der Waals surface area contributed by atoms with Crippen LogP contribution in [0.3, 0.4) is 0 Å². The van der Waals surface area contributed by atoms with E-state index < -0.39 is 18.3 Å². The maximum absolute atomic E-state index is 6.82. The van der Waals surface area contributed by atoms with Crippen LogP contribution in [0, 0.1) is 0 Å². The van der Waals surface area contributed by atoms with E-state index in [0.717, 1.165) is 21.6 Å². The molecule has 0 aromatic heterocycles. The van der Waals surface area contributed by atoms with Crippen molar-refractivity contribution in [2.75, 3.05) is 13.2 Å². The van der Waals surface area contributed by atoms with Crippen molar-refractivity contribution in [3.05, 3.63) is 151 Å². The van der Waals surface area contributed by atoms with Gasteiger partial charge in [0.05, 0.1) is 33.0 Å². The minimum absolute atomic E-state index is 0.347. The monoisotopic (exact) mass is 582 g/mol. The number of hydrogen-bond donors (Lipinski definition) is 0. The number of benzene rings is 4. The molecule has 0 aliphatic carbocycles. The fraction of sp³-hybridized carbons (Fsp3) is 0.278. The zero-order valence-corrected chi connectivity index (χ0v) is 24.5. The second-order valence-electron chi connectivity index (χ2n) is 10.1. The lowest BCUT2D eigenvalue weighted by atomic mass is 9.99. The third-order valence-electron chi connectivity index (χ3n) is 6.96. The Morgan fingerprint density at radius 2 is 1.10 bits per heavy atom. The van der Waals surface area contributed by atoms with Crippen LogP contribution < -0.4 is 0 Å². The van der Waals surface area contributed by atoms with E-state index in [9.17, 15) is 0 Å². The van der Waals surface area contributed by atoms with Crippen LogP contribution in [0.1, 0.15) is 16.7 Å². The minimum atomic E-state index is -0.436. The molecule has 5 atom stereocenters. The van der Waals surface area contributed by atoms with E-state index in [4.69, 9.17) is 23.7 Å². The van der Waals surface area contributed by atoms with Crippen LogP contribution in [0.5, 0.6) is 0 Å². The molecule has 1 heterocycles. The average Bonchev–Trinajstić information content (AvgIpc) is 3.04. The van der Waals surface area contributed by atoms with E-state index in [2.05, 4.69) is 55.1 Å². The Morgan fingerprint density at radius 1 is 0.595 bits per heavy atom. The van der Waals surface area contributed by atoms with Crippen LogP contribution in [-0.4, -0.2) is 43.1 Å². The molecule has 1 fully saturated rings. The summed E-state index contributed by atoms with van der Waals surface area (Å²) in [4.78, 5) is 1.09. The van der Waals surface area contributed by atoms with Crippen LogP contribution in [0.25, 0.3) is 0 Å². The Labute approximate surface area is 253 Å². The molecule has 0 spiro atoms. The third kappa shape index (κ3) is 8.88. The summed E-state index contributed by atoms with van der Waals surface area (Å²) in [6.07, 6.45) is 0.106. The minimum Gasteiger partial charge on any atom is -0.374 e. The first kappa shape index (κ1) is 30.2. The van der Waals surface area contributed by atoms with Crippen LogP contribution in [0.15, 0.2) is 139 Å². The Morgan fingerprint density at radius 3 is 1.64 bits per heavy atom. The van der Waals surface area contributed by atoms with Gasteiger partial charge in [0.1, 0.15) is 29.9 Å². The van der Waals surface area contributed by atoms with Crippen LogP contribution in [0.4, 0.5) is 0 Å². The molecule has 4 aromatic rings. The van der Waals surface area contributed by atoms with Crippen molar-refractivity contribution in [3.8, 4) is 0 Å². The second-order valence-corrected chi connectivity index (χ2v) is 11.3. The molecule has 1 aliphatic rings.